The van der Waals surface area contributed by atoms with Crippen molar-refractivity contribution in [1.29, 1.82) is 0 Å². The molecule has 152 valence electrons. The largest absolute Gasteiger partial charge is 0.462 e. The predicted molar refractivity (Wildman–Crippen MR) is 114 cm³/mol. The van der Waals surface area contributed by atoms with Crippen molar-refractivity contribution in [3.05, 3.63) is 64.4 Å². The van der Waals surface area contributed by atoms with Crippen molar-refractivity contribution in [3.63, 3.8) is 0 Å². The van der Waals surface area contributed by atoms with Gasteiger partial charge in [-0.3, -0.25) is 10.1 Å². The number of amides is 1. The molecule has 30 heavy (non-hydrogen) atoms. The van der Waals surface area contributed by atoms with E-state index >= 15 is 0 Å². The van der Waals surface area contributed by atoms with Crippen LogP contribution in [0, 0.1) is 13.8 Å². The number of fused-ring (bicyclic) bond motifs is 1. The van der Waals surface area contributed by atoms with E-state index in [4.69, 9.17) is 4.74 Å². The molecule has 0 aliphatic heterocycles. The lowest BCUT2D eigenvalue weighted by Gasteiger charge is -2.06. The van der Waals surface area contributed by atoms with E-state index in [-0.39, 0.29) is 12.5 Å². The lowest BCUT2D eigenvalue weighted by atomic mass is 10.2. The average Bonchev–Trinajstić information content (AvgIpc) is 3.30. The van der Waals surface area contributed by atoms with Crippen LogP contribution in [-0.4, -0.2) is 38.2 Å². The first kappa shape index (κ1) is 19.7. The van der Waals surface area contributed by atoms with Crippen LogP contribution in [-0.2, 0) is 4.74 Å². The summed E-state index contributed by atoms with van der Waals surface area (Å²) in [5.74, 6) is -0.178. The van der Waals surface area contributed by atoms with Crippen molar-refractivity contribution in [2.75, 3.05) is 11.9 Å². The molecule has 4 aromatic rings. The van der Waals surface area contributed by atoms with Gasteiger partial charge in [0, 0.05) is 5.39 Å². The van der Waals surface area contributed by atoms with Gasteiger partial charge in [0.25, 0.3) is 5.91 Å². The number of aromatic nitrogens is 4. The van der Waals surface area contributed by atoms with Gasteiger partial charge in [-0.05, 0) is 39.0 Å². The number of aryl methyl sites for hydroxylation is 1. The van der Waals surface area contributed by atoms with E-state index in [0.29, 0.717) is 32.8 Å². The number of hydrogen-bond donors (Lipinski definition) is 1. The Hall–Kier alpha value is -3.59. The highest BCUT2D eigenvalue weighted by Gasteiger charge is 2.20. The zero-order chi connectivity index (χ0) is 21.3. The Kier molecular flexibility index (Phi) is 5.28. The maximum atomic E-state index is 12.8. The number of anilines is 1. The minimum Gasteiger partial charge on any atom is -0.462 e. The van der Waals surface area contributed by atoms with Gasteiger partial charge >= 0.3 is 5.97 Å². The summed E-state index contributed by atoms with van der Waals surface area (Å²) >= 11 is 1.08. The molecule has 0 spiro atoms. The molecule has 3 heterocycles. The highest BCUT2D eigenvalue weighted by Crippen LogP contribution is 2.24. The number of para-hydroxylation sites is 1. The topological polar surface area (TPSA) is 99.0 Å². The number of nitrogens with zero attached hydrogens (tertiary/aromatic N) is 4. The fraction of sp³-hybridized carbons (Fsp3) is 0.190. The molecule has 9 heteroatoms. The summed E-state index contributed by atoms with van der Waals surface area (Å²) in [7, 11) is 0. The van der Waals surface area contributed by atoms with Crippen LogP contribution >= 0.6 is 11.3 Å². The van der Waals surface area contributed by atoms with E-state index in [0.717, 1.165) is 22.2 Å². The van der Waals surface area contributed by atoms with Gasteiger partial charge in [-0.25, -0.2) is 19.4 Å². The van der Waals surface area contributed by atoms with Crippen LogP contribution in [0.25, 0.3) is 16.7 Å². The van der Waals surface area contributed by atoms with E-state index in [1.807, 2.05) is 36.4 Å². The van der Waals surface area contributed by atoms with Crippen LogP contribution in [0.4, 0.5) is 5.13 Å². The fourth-order valence-electron chi connectivity index (χ4n) is 3.04. The smallest absolute Gasteiger partial charge is 0.350 e. The number of hydrogen-bond acceptors (Lipinski definition) is 7. The molecule has 0 aliphatic rings. The van der Waals surface area contributed by atoms with Crippen LogP contribution < -0.4 is 5.32 Å². The predicted octanol–water partition coefficient (Wildman–Crippen LogP) is 3.92. The zero-order valence-electron chi connectivity index (χ0n) is 16.7. The molecule has 1 aromatic carbocycles. The Morgan fingerprint density at radius 3 is 2.73 bits per heavy atom. The molecule has 0 bridgehead atoms. The lowest BCUT2D eigenvalue weighted by molar-refractivity contribution is 0.0531. The molecule has 0 saturated carbocycles. The summed E-state index contributed by atoms with van der Waals surface area (Å²) in [6.45, 7) is 5.52. The zero-order valence-corrected chi connectivity index (χ0v) is 17.5. The van der Waals surface area contributed by atoms with Crippen molar-refractivity contribution in [3.8, 4) is 5.82 Å². The maximum absolute atomic E-state index is 12.8. The Morgan fingerprint density at radius 2 is 1.93 bits per heavy atom. The number of carbonyl (C=O) groups is 2. The first-order valence-corrected chi connectivity index (χ1v) is 10.2. The molecule has 0 saturated heterocycles. The van der Waals surface area contributed by atoms with E-state index in [1.165, 1.54) is 6.20 Å². The third-order valence-corrected chi connectivity index (χ3v) is 5.59. The summed E-state index contributed by atoms with van der Waals surface area (Å²) in [5.41, 5.74) is 2.41. The lowest BCUT2D eigenvalue weighted by Crippen LogP contribution is -2.13. The van der Waals surface area contributed by atoms with Gasteiger partial charge in [-0.15, -0.1) is 0 Å². The summed E-state index contributed by atoms with van der Waals surface area (Å²) in [4.78, 5) is 34.0. The molecule has 4 rings (SSSR count). The van der Waals surface area contributed by atoms with Crippen molar-refractivity contribution in [2.45, 2.75) is 20.8 Å². The normalized spacial score (nSPS) is 10.9. The first-order valence-electron chi connectivity index (χ1n) is 9.34. The molecule has 3 aromatic heterocycles. The van der Waals surface area contributed by atoms with E-state index in [2.05, 4.69) is 20.4 Å². The number of rotatable bonds is 5. The van der Waals surface area contributed by atoms with Crippen molar-refractivity contribution < 1.29 is 14.3 Å². The van der Waals surface area contributed by atoms with Gasteiger partial charge in [-0.1, -0.05) is 29.5 Å². The third-order valence-electron chi connectivity index (χ3n) is 4.53. The molecule has 0 aliphatic carbocycles. The van der Waals surface area contributed by atoms with Crippen LogP contribution in [0.3, 0.4) is 0 Å². The number of benzene rings is 1. The number of carbonyl (C=O) groups excluding carboxylic acids is 2. The molecular formula is C21H19N5O3S. The van der Waals surface area contributed by atoms with Crippen LogP contribution in [0.2, 0.25) is 0 Å². The highest BCUT2D eigenvalue weighted by atomic mass is 32.1. The summed E-state index contributed by atoms with van der Waals surface area (Å²) in [6, 6.07) is 11.6. The molecule has 1 amide bonds. The number of esters is 1. The minimum atomic E-state index is -0.445. The van der Waals surface area contributed by atoms with Gasteiger partial charge in [0.15, 0.2) is 10.9 Å². The number of nitrogens with one attached hydrogen (secondary N) is 1. The first-order chi connectivity index (χ1) is 14.5. The summed E-state index contributed by atoms with van der Waals surface area (Å²) in [6.07, 6.45) is 1.49. The van der Waals surface area contributed by atoms with Crippen LogP contribution in [0.15, 0.2) is 42.6 Å². The van der Waals surface area contributed by atoms with E-state index in [9.17, 15) is 9.59 Å². The number of pyridine rings is 1. The SMILES string of the molecule is CCOC(=O)c1sc(NC(=O)c2cnn(-c3ccc4ccccc4n3)c2C)nc1C. The van der Waals surface area contributed by atoms with Gasteiger partial charge in [0.1, 0.15) is 4.88 Å². The van der Waals surface area contributed by atoms with Gasteiger partial charge < -0.3 is 4.74 Å². The highest BCUT2D eigenvalue weighted by molar-refractivity contribution is 7.17. The summed E-state index contributed by atoms with van der Waals surface area (Å²) in [5, 5.41) is 8.43. The van der Waals surface area contributed by atoms with Crippen LogP contribution in [0.5, 0.6) is 0 Å². The van der Waals surface area contributed by atoms with Gasteiger partial charge in [0.05, 0.1) is 35.3 Å². The molecular weight excluding hydrogens is 402 g/mol. The summed E-state index contributed by atoms with van der Waals surface area (Å²) < 4.78 is 6.64. The van der Waals surface area contributed by atoms with Crippen LogP contribution in [0.1, 0.15) is 38.3 Å². The van der Waals surface area contributed by atoms with Crippen molar-refractivity contribution in [2.24, 2.45) is 0 Å². The molecule has 0 fully saturated rings. The monoisotopic (exact) mass is 421 g/mol. The molecule has 0 unspecified atom stereocenters. The van der Waals surface area contributed by atoms with E-state index < -0.39 is 5.97 Å². The van der Waals surface area contributed by atoms with Crippen molar-refractivity contribution in [1.82, 2.24) is 19.7 Å². The quantitative estimate of drug-likeness (QED) is 0.490. The second-order valence-electron chi connectivity index (χ2n) is 6.53. The van der Waals surface area contributed by atoms with Crippen molar-refractivity contribution >= 4 is 39.2 Å². The Morgan fingerprint density at radius 1 is 1.13 bits per heavy atom. The Bertz CT molecular complexity index is 1260. The minimum absolute atomic E-state index is 0.277. The average molecular weight is 421 g/mol. The standard InChI is InChI=1S/C21H19N5O3S/c1-4-29-20(28)18-12(2)23-21(30-18)25-19(27)15-11-22-26(13(15)3)17-10-9-14-7-5-6-8-16(14)24-17/h5-11H,4H2,1-3H3,(H,23,25,27). The molecule has 0 radical (unpaired) electrons. The van der Waals surface area contributed by atoms with Gasteiger partial charge in [-0.2, -0.15) is 5.10 Å². The second kappa shape index (κ2) is 8.03. The third kappa shape index (κ3) is 3.67. The number of ether oxygens (including phenoxy) is 1. The van der Waals surface area contributed by atoms with Gasteiger partial charge in [0.2, 0.25) is 0 Å². The van der Waals surface area contributed by atoms with E-state index in [1.54, 1.807) is 25.5 Å². The molecule has 8 nitrogen and oxygen atoms in total. The molecule has 1 N–H and O–H groups in total. The Balaban J connectivity index is 1.58. The number of thiazole rings is 1. The maximum Gasteiger partial charge on any atom is 0.350 e. The Labute approximate surface area is 176 Å². The molecule has 0 atom stereocenters. The fourth-order valence-corrected chi connectivity index (χ4v) is 3.89. The second-order valence-corrected chi connectivity index (χ2v) is 7.52.